The van der Waals surface area contributed by atoms with Crippen molar-refractivity contribution in [3.05, 3.63) is 23.5 Å². The third kappa shape index (κ3) is 1.98. The van der Waals surface area contributed by atoms with Crippen LogP contribution in [0.2, 0.25) is 0 Å². The van der Waals surface area contributed by atoms with E-state index in [0.29, 0.717) is 6.04 Å². The van der Waals surface area contributed by atoms with Crippen LogP contribution in [0.1, 0.15) is 24.1 Å². The number of nitrogens with one attached hydrogen (secondary N) is 1. The highest BCUT2D eigenvalue weighted by Gasteiger charge is 2.21. The van der Waals surface area contributed by atoms with Gasteiger partial charge in [0.25, 0.3) is 0 Å². The first kappa shape index (κ1) is 8.51. The van der Waals surface area contributed by atoms with Crippen LogP contribution in [0.15, 0.2) is 12.3 Å². The molecule has 0 aliphatic heterocycles. The molecule has 0 saturated heterocycles. The summed E-state index contributed by atoms with van der Waals surface area (Å²) < 4.78 is 0. The second-order valence-electron chi connectivity index (χ2n) is 3.56. The van der Waals surface area contributed by atoms with Crippen LogP contribution in [0.4, 0.5) is 5.69 Å². The highest BCUT2D eigenvalue weighted by atomic mass is 16.3. The van der Waals surface area contributed by atoms with Crippen LogP contribution in [0.25, 0.3) is 0 Å². The third-order valence-electron chi connectivity index (χ3n) is 2.23. The molecule has 1 heterocycles. The molecule has 3 nitrogen and oxygen atoms in total. The van der Waals surface area contributed by atoms with Gasteiger partial charge in [-0.05, 0) is 25.8 Å². The van der Waals surface area contributed by atoms with Gasteiger partial charge in [0, 0.05) is 29.2 Å². The number of aliphatic hydroxyl groups excluding tert-OH is 1. The molecule has 2 rings (SSSR count). The molecular formula is C10H14N2O. The van der Waals surface area contributed by atoms with Crippen LogP contribution < -0.4 is 5.32 Å². The predicted molar refractivity (Wildman–Crippen MR) is 51.5 cm³/mol. The van der Waals surface area contributed by atoms with E-state index in [2.05, 4.69) is 10.3 Å². The number of nitrogens with zero attached hydrogens (tertiary/aromatic N) is 1. The number of hydrogen-bond donors (Lipinski definition) is 2. The van der Waals surface area contributed by atoms with E-state index in [4.69, 9.17) is 5.11 Å². The molecule has 1 aromatic rings. The second-order valence-corrected chi connectivity index (χ2v) is 3.56. The SMILES string of the molecule is Cc1cc(NC2CC2)c(CO)cn1. The average Bonchev–Trinajstić information content (AvgIpc) is 2.89. The van der Waals surface area contributed by atoms with Crippen molar-refractivity contribution in [2.75, 3.05) is 5.32 Å². The molecule has 2 N–H and O–H groups in total. The summed E-state index contributed by atoms with van der Waals surface area (Å²) >= 11 is 0. The third-order valence-corrected chi connectivity index (χ3v) is 2.23. The quantitative estimate of drug-likeness (QED) is 0.736. The molecule has 3 heteroatoms. The fourth-order valence-corrected chi connectivity index (χ4v) is 1.30. The number of pyridine rings is 1. The van der Waals surface area contributed by atoms with Crippen molar-refractivity contribution >= 4 is 5.69 Å². The van der Waals surface area contributed by atoms with Crippen LogP contribution in [-0.2, 0) is 6.61 Å². The number of anilines is 1. The van der Waals surface area contributed by atoms with Gasteiger partial charge in [-0.1, -0.05) is 0 Å². The summed E-state index contributed by atoms with van der Waals surface area (Å²) in [6.45, 7) is 2.02. The Balaban J connectivity index is 2.22. The number of hydrogen-bond acceptors (Lipinski definition) is 3. The van der Waals surface area contributed by atoms with Crippen LogP contribution in [0, 0.1) is 6.92 Å². The minimum atomic E-state index is 0.0579. The summed E-state index contributed by atoms with van der Waals surface area (Å²) in [4.78, 5) is 4.14. The van der Waals surface area contributed by atoms with E-state index in [-0.39, 0.29) is 6.61 Å². The zero-order valence-electron chi connectivity index (χ0n) is 7.75. The van der Waals surface area contributed by atoms with Gasteiger partial charge < -0.3 is 10.4 Å². The minimum Gasteiger partial charge on any atom is -0.392 e. The lowest BCUT2D eigenvalue weighted by molar-refractivity contribution is 0.282. The Labute approximate surface area is 77.8 Å². The van der Waals surface area contributed by atoms with E-state index in [0.717, 1.165) is 16.9 Å². The molecule has 1 aromatic heterocycles. The van der Waals surface area contributed by atoms with Gasteiger partial charge in [-0.2, -0.15) is 0 Å². The van der Waals surface area contributed by atoms with Crippen LogP contribution in [-0.4, -0.2) is 16.1 Å². The van der Waals surface area contributed by atoms with Crippen LogP contribution in [0.3, 0.4) is 0 Å². The van der Waals surface area contributed by atoms with Gasteiger partial charge in [0.15, 0.2) is 0 Å². The number of aromatic nitrogens is 1. The molecule has 1 saturated carbocycles. The van der Waals surface area contributed by atoms with Crippen molar-refractivity contribution in [1.29, 1.82) is 0 Å². The molecule has 1 aliphatic carbocycles. The summed E-state index contributed by atoms with van der Waals surface area (Å²) in [6.07, 6.45) is 4.22. The van der Waals surface area contributed by atoms with E-state index in [1.165, 1.54) is 12.8 Å². The number of aliphatic hydroxyl groups is 1. The summed E-state index contributed by atoms with van der Waals surface area (Å²) in [5, 5.41) is 12.4. The van der Waals surface area contributed by atoms with Crippen molar-refractivity contribution in [3.63, 3.8) is 0 Å². The lowest BCUT2D eigenvalue weighted by atomic mass is 10.2. The first-order chi connectivity index (χ1) is 6.29. The summed E-state index contributed by atoms with van der Waals surface area (Å²) in [6, 6.07) is 2.61. The normalized spacial score (nSPS) is 15.8. The van der Waals surface area contributed by atoms with Gasteiger partial charge in [0.1, 0.15) is 0 Å². The molecule has 0 spiro atoms. The van der Waals surface area contributed by atoms with E-state index < -0.39 is 0 Å². The zero-order valence-corrected chi connectivity index (χ0v) is 7.75. The van der Waals surface area contributed by atoms with Crippen molar-refractivity contribution in [2.24, 2.45) is 0 Å². The maximum atomic E-state index is 9.06. The number of aryl methyl sites for hydroxylation is 1. The van der Waals surface area contributed by atoms with E-state index in [1.807, 2.05) is 13.0 Å². The van der Waals surface area contributed by atoms with Crippen molar-refractivity contribution in [2.45, 2.75) is 32.4 Å². The Bertz CT molecular complexity index is 308. The zero-order chi connectivity index (χ0) is 9.26. The topological polar surface area (TPSA) is 45.1 Å². The highest BCUT2D eigenvalue weighted by Crippen LogP contribution is 2.26. The van der Waals surface area contributed by atoms with Crippen LogP contribution >= 0.6 is 0 Å². The summed E-state index contributed by atoms with van der Waals surface area (Å²) in [5.74, 6) is 0. The maximum absolute atomic E-state index is 9.06. The molecule has 0 atom stereocenters. The monoisotopic (exact) mass is 178 g/mol. The first-order valence-electron chi connectivity index (χ1n) is 4.62. The lowest BCUT2D eigenvalue weighted by Gasteiger charge is -2.09. The smallest absolute Gasteiger partial charge is 0.0717 e. The Hall–Kier alpha value is -1.09. The molecule has 1 fully saturated rings. The standard InChI is InChI=1S/C10H14N2O/c1-7-4-10(12-9-2-3-9)8(6-13)5-11-7/h4-5,9,13H,2-3,6H2,1H3,(H,11,12). The van der Waals surface area contributed by atoms with Gasteiger partial charge in [-0.3, -0.25) is 4.98 Å². The minimum absolute atomic E-state index is 0.0579. The van der Waals surface area contributed by atoms with E-state index in [9.17, 15) is 0 Å². The number of rotatable bonds is 3. The molecule has 0 unspecified atom stereocenters. The molecule has 0 aromatic carbocycles. The molecule has 70 valence electrons. The fraction of sp³-hybridized carbons (Fsp3) is 0.500. The summed E-state index contributed by atoms with van der Waals surface area (Å²) in [5.41, 5.74) is 2.91. The Morgan fingerprint density at radius 3 is 3.00 bits per heavy atom. The van der Waals surface area contributed by atoms with Gasteiger partial charge >= 0.3 is 0 Å². The molecule has 0 amide bonds. The Kier molecular flexibility index (Phi) is 2.19. The Morgan fingerprint density at radius 2 is 2.38 bits per heavy atom. The molecule has 1 aliphatic rings. The van der Waals surface area contributed by atoms with Crippen molar-refractivity contribution in [3.8, 4) is 0 Å². The summed E-state index contributed by atoms with van der Waals surface area (Å²) in [7, 11) is 0. The first-order valence-corrected chi connectivity index (χ1v) is 4.62. The van der Waals surface area contributed by atoms with Gasteiger partial charge in [-0.15, -0.1) is 0 Å². The van der Waals surface area contributed by atoms with E-state index in [1.54, 1.807) is 6.20 Å². The molecule has 0 radical (unpaired) electrons. The molecule has 13 heavy (non-hydrogen) atoms. The van der Waals surface area contributed by atoms with Gasteiger partial charge in [0.2, 0.25) is 0 Å². The van der Waals surface area contributed by atoms with Crippen LogP contribution in [0.5, 0.6) is 0 Å². The van der Waals surface area contributed by atoms with E-state index >= 15 is 0 Å². The molecular weight excluding hydrogens is 164 g/mol. The second kappa shape index (κ2) is 3.34. The van der Waals surface area contributed by atoms with Gasteiger partial charge in [-0.25, -0.2) is 0 Å². The van der Waals surface area contributed by atoms with Crippen molar-refractivity contribution < 1.29 is 5.11 Å². The largest absolute Gasteiger partial charge is 0.392 e. The molecule has 0 bridgehead atoms. The average molecular weight is 178 g/mol. The maximum Gasteiger partial charge on any atom is 0.0717 e. The lowest BCUT2D eigenvalue weighted by Crippen LogP contribution is -2.05. The predicted octanol–water partition coefficient (Wildman–Crippen LogP) is 1.46. The highest BCUT2D eigenvalue weighted by molar-refractivity contribution is 5.52. The fourth-order valence-electron chi connectivity index (χ4n) is 1.30. The van der Waals surface area contributed by atoms with Gasteiger partial charge in [0.05, 0.1) is 6.61 Å². The van der Waals surface area contributed by atoms with Crippen molar-refractivity contribution in [1.82, 2.24) is 4.98 Å². The Morgan fingerprint density at radius 1 is 1.62 bits per heavy atom.